The highest BCUT2D eigenvalue weighted by molar-refractivity contribution is 5.65. The number of nitrogens with zero attached hydrogens (tertiary/aromatic N) is 1. The summed E-state index contributed by atoms with van der Waals surface area (Å²) in [5.41, 5.74) is 0. The van der Waals surface area contributed by atoms with E-state index in [0.29, 0.717) is 13.1 Å². The zero-order valence-electron chi connectivity index (χ0n) is 7.40. The Kier molecular flexibility index (Phi) is 2.57. The van der Waals surface area contributed by atoms with Gasteiger partial charge < -0.3 is 15.1 Å². The molecule has 1 heterocycles. The van der Waals surface area contributed by atoms with Crippen molar-refractivity contribution < 1.29 is 15.0 Å². The first-order valence-corrected chi connectivity index (χ1v) is 4.18. The molecule has 4 heteroatoms. The van der Waals surface area contributed by atoms with E-state index in [-0.39, 0.29) is 17.9 Å². The maximum absolute atomic E-state index is 10.6. The van der Waals surface area contributed by atoms with Gasteiger partial charge in [-0.25, -0.2) is 4.79 Å². The van der Waals surface area contributed by atoms with E-state index < -0.39 is 6.09 Å². The van der Waals surface area contributed by atoms with Crippen LogP contribution in [-0.2, 0) is 0 Å². The Balaban J connectivity index is 2.59. The summed E-state index contributed by atoms with van der Waals surface area (Å²) in [5.74, 6) is 0.0923. The predicted octanol–water partition coefficient (Wildman–Crippen LogP) is 0.613. The van der Waals surface area contributed by atoms with E-state index in [2.05, 4.69) is 0 Å². The van der Waals surface area contributed by atoms with Crippen LogP contribution in [0.2, 0.25) is 0 Å². The molecule has 70 valence electrons. The molecule has 1 rings (SSSR count). The lowest BCUT2D eigenvalue weighted by molar-refractivity contribution is -0.00240. The van der Waals surface area contributed by atoms with Crippen molar-refractivity contribution >= 4 is 6.09 Å². The van der Waals surface area contributed by atoms with Gasteiger partial charge in [0.05, 0.1) is 6.10 Å². The lowest BCUT2D eigenvalue weighted by atomic mass is 9.89. The fraction of sp³-hybridized carbons (Fsp3) is 0.875. The van der Waals surface area contributed by atoms with E-state index in [4.69, 9.17) is 5.11 Å². The Bertz CT molecular complexity index is 171. The molecule has 1 saturated heterocycles. The summed E-state index contributed by atoms with van der Waals surface area (Å²) in [6, 6.07) is 0. The van der Waals surface area contributed by atoms with Crippen molar-refractivity contribution in [2.75, 3.05) is 13.1 Å². The number of piperidine rings is 1. The molecule has 12 heavy (non-hydrogen) atoms. The van der Waals surface area contributed by atoms with E-state index in [1.54, 1.807) is 0 Å². The van der Waals surface area contributed by atoms with E-state index in [9.17, 15) is 9.90 Å². The summed E-state index contributed by atoms with van der Waals surface area (Å²) in [4.78, 5) is 12.0. The second kappa shape index (κ2) is 3.31. The van der Waals surface area contributed by atoms with Gasteiger partial charge in [0.1, 0.15) is 0 Å². The number of carboxylic acid groups (broad SMARTS) is 1. The molecular formula is C8H15NO3. The van der Waals surface area contributed by atoms with E-state index in [1.807, 2.05) is 13.8 Å². The molecular weight excluding hydrogens is 158 g/mol. The minimum absolute atomic E-state index is 0.0462. The van der Waals surface area contributed by atoms with Gasteiger partial charge in [-0.15, -0.1) is 0 Å². The Morgan fingerprint density at radius 2 is 1.75 bits per heavy atom. The number of aliphatic hydroxyl groups excluding tert-OH is 1. The molecule has 2 N–H and O–H groups in total. The summed E-state index contributed by atoms with van der Waals surface area (Å²) in [6.07, 6.45) is -1.25. The molecule has 0 radical (unpaired) electrons. The van der Waals surface area contributed by atoms with E-state index in [1.165, 1.54) is 4.90 Å². The Morgan fingerprint density at radius 1 is 1.33 bits per heavy atom. The van der Waals surface area contributed by atoms with Crippen molar-refractivity contribution in [3.63, 3.8) is 0 Å². The third-order valence-corrected chi connectivity index (χ3v) is 2.45. The van der Waals surface area contributed by atoms with Crippen LogP contribution in [0.5, 0.6) is 0 Å². The number of aliphatic hydroxyl groups is 1. The fourth-order valence-electron chi connectivity index (χ4n) is 1.70. The van der Waals surface area contributed by atoms with Gasteiger partial charge in [0.25, 0.3) is 0 Å². The number of hydrogen-bond acceptors (Lipinski definition) is 2. The summed E-state index contributed by atoms with van der Waals surface area (Å²) >= 11 is 0. The van der Waals surface area contributed by atoms with Gasteiger partial charge in [-0.1, -0.05) is 13.8 Å². The van der Waals surface area contributed by atoms with Gasteiger partial charge in [0, 0.05) is 24.9 Å². The molecule has 0 spiro atoms. The van der Waals surface area contributed by atoms with Crippen LogP contribution in [0.4, 0.5) is 4.79 Å². The first-order chi connectivity index (χ1) is 5.52. The fourth-order valence-corrected chi connectivity index (χ4v) is 1.70. The Hall–Kier alpha value is -0.770. The van der Waals surface area contributed by atoms with Crippen LogP contribution >= 0.6 is 0 Å². The van der Waals surface area contributed by atoms with Crippen LogP contribution in [0, 0.1) is 11.8 Å². The third kappa shape index (κ3) is 1.69. The quantitative estimate of drug-likeness (QED) is 0.564. The van der Waals surface area contributed by atoms with Crippen molar-refractivity contribution in [1.82, 2.24) is 4.90 Å². The van der Waals surface area contributed by atoms with Gasteiger partial charge in [0.15, 0.2) is 0 Å². The first kappa shape index (κ1) is 9.32. The van der Waals surface area contributed by atoms with Gasteiger partial charge in [-0.3, -0.25) is 0 Å². The molecule has 1 fully saturated rings. The molecule has 3 atom stereocenters. The number of amides is 1. The molecule has 0 aromatic heterocycles. The van der Waals surface area contributed by atoms with Crippen molar-refractivity contribution in [2.45, 2.75) is 20.0 Å². The molecule has 0 aromatic rings. The third-order valence-electron chi connectivity index (χ3n) is 2.45. The standard InChI is InChI=1S/C8H15NO3/c1-5-3-9(8(11)12)4-6(2)7(5)10/h5-7,10H,3-4H2,1-2H3,(H,11,12)/t5-,6?,7?/m1/s1. The minimum Gasteiger partial charge on any atom is -0.465 e. The average Bonchev–Trinajstić information content (AvgIpc) is 1.99. The molecule has 1 amide bonds. The Morgan fingerprint density at radius 3 is 2.08 bits per heavy atom. The van der Waals surface area contributed by atoms with Gasteiger partial charge in [-0.05, 0) is 0 Å². The molecule has 0 aromatic carbocycles. The van der Waals surface area contributed by atoms with E-state index >= 15 is 0 Å². The SMILES string of the molecule is CC1CN(C(=O)O)C[C@@H](C)C1O. The van der Waals surface area contributed by atoms with Crippen LogP contribution in [0.3, 0.4) is 0 Å². The predicted molar refractivity (Wildman–Crippen MR) is 43.9 cm³/mol. The number of likely N-dealkylation sites (tertiary alicyclic amines) is 1. The summed E-state index contributed by atoms with van der Waals surface area (Å²) in [7, 11) is 0. The normalized spacial score (nSPS) is 36.6. The summed E-state index contributed by atoms with van der Waals surface area (Å²) < 4.78 is 0. The molecule has 4 nitrogen and oxygen atoms in total. The Labute approximate surface area is 71.8 Å². The number of hydrogen-bond donors (Lipinski definition) is 2. The van der Waals surface area contributed by atoms with Gasteiger partial charge >= 0.3 is 6.09 Å². The molecule has 0 saturated carbocycles. The highest BCUT2D eigenvalue weighted by atomic mass is 16.4. The van der Waals surface area contributed by atoms with Crippen molar-refractivity contribution in [3.8, 4) is 0 Å². The van der Waals surface area contributed by atoms with E-state index in [0.717, 1.165) is 0 Å². The van der Waals surface area contributed by atoms with Crippen LogP contribution in [0.1, 0.15) is 13.8 Å². The lowest BCUT2D eigenvalue weighted by Crippen LogP contribution is -2.49. The van der Waals surface area contributed by atoms with Crippen LogP contribution < -0.4 is 0 Å². The van der Waals surface area contributed by atoms with Crippen LogP contribution in [0.15, 0.2) is 0 Å². The largest absolute Gasteiger partial charge is 0.465 e. The molecule has 1 aliphatic heterocycles. The first-order valence-electron chi connectivity index (χ1n) is 4.18. The second-order valence-corrected chi connectivity index (χ2v) is 3.63. The van der Waals surface area contributed by atoms with Crippen LogP contribution in [0.25, 0.3) is 0 Å². The van der Waals surface area contributed by atoms with Gasteiger partial charge in [0.2, 0.25) is 0 Å². The highest BCUT2D eigenvalue weighted by Gasteiger charge is 2.32. The average molecular weight is 173 g/mol. The van der Waals surface area contributed by atoms with Crippen LogP contribution in [-0.4, -0.2) is 40.4 Å². The lowest BCUT2D eigenvalue weighted by Gasteiger charge is -2.37. The molecule has 0 aliphatic carbocycles. The molecule has 1 aliphatic rings. The van der Waals surface area contributed by atoms with Crippen molar-refractivity contribution in [3.05, 3.63) is 0 Å². The number of rotatable bonds is 0. The summed E-state index contributed by atoms with van der Waals surface area (Å²) in [6.45, 7) is 4.63. The topological polar surface area (TPSA) is 60.8 Å². The molecule has 2 unspecified atom stereocenters. The zero-order chi connectivity index (χ0) is 9.30. The smallest absolute Gasteiger partial charge is 0.407 e. The zero-order valence-corrected chi connectivity index (χ0v) is 7.40. The maximum atomic E-state index is 10.6. The minimum atomic E-state index is -0.888. The highest BCUT2D eigenvalue weighted by Crippen LogP contribution is 2.21. The monoisotopic (exact) mass is 173 g/mol. The molecule has 0 bridgehead atoms. The maximum Gasteiger partial charge on any atom is 0.407 e. The van der Waals surface area contributed by atoms with Crippen molar-refractivity contribution in [1.29, 1.82) is 0 Å². The van der Waals surface area contributed by atoms with Gasteiger partial charge in [-0.2, -0.15) is 0 Å². The van der Waals surface area contributed by atoms with Crippen molar-refractivity contribution in [2.24, 2.45) is 11.8 Å². The number of carbonyl (C=O) groups is 1. The summed E-state index contributed by atoms with van der Waals surface area (Å²) in [5, 5.41) is 18.2. The second-order valence-electron chi connectivity index (χ2n) is 3.63.